The minimum absolute atomic E-state index is 0.0712. The maximum Gasteiger partial charge on any atom is 0.214 e. The van der Waals surface area contributed by atoms with Crippen molar-refractivity contribution in [2.24, 2.45) is 0 Å². The molecule has 4 heterocycles. The van der Waals surface area contributed by atoms with Gasteiger partial charge in [0.05, 0.1) is 11.9 Å². The topological polar surface area (TPSA) is 48.7 Å². The first-order chi connectivity index (χ1) is 12.4. The van der Waals surface area contributed by atoms with Crippen LogP contribution in [0.1, 0.15) is 52.1 Å². The molecule has 2 aliphatic rings. The van der Waals surface area contributed by atoms with Crippen LogP contribution in [-0.2, 0) is 5.41 Å². The number of nitrogens with one attached hydrogen (secondary N) is 1. The van der Waals surface area contributed by atoms with Gasteiger partial charge in [-0.1, -0.05) is 32.1 Å². The van der Waals surface area contributed by atoms with Gasteiger partial charge in [0.25, 0.3) is 0 Å². The highest BCUT2D eigenvalue weighted by Gasteiger charge is 2.28. The summed E-state index contributed by atoms with van der Waals surface area (Å²) in [6, 6.07) is 1.33. The number of rotatable bonds is 3. The van der Waals surface area contributed by atoms with Crippen LogP contribution in [0.5, 0.6) is 0 Å². The van der Waals surface area contributed by atoms with Gasteiger partial charge < -0.3 is 15.1 Å². The van der Waals surface area contributed by atoms with E-state index < -0.39 is 0 Å². The molecule has 2 saturated heterocycles. The highest BCUT2D eigenvalue weighted by Crippen LogP contribution is 2.27. The SMILES string of the molecule is CN1CCC(N2CCC(Nc3nn4cc(C(C)(C)C)nc4s3)CC2)CC1. The van der Waals surface area contributed by atoms with Crippen LogP contribution in [0.4, 0.5) is 5.13 Å². The predicted octanol–water partition coefficient (Wildman–Crippen LogP) is 3.06. The van der Waals surface area contributed by atoms with E-state index in [1.165, 1.54) is 51.9 Å². The van der Waals surface area contributed by atoms with Crippen LogP contribution in [0.3, 0.4) is 0 Å². The standard InChI is InChI=1S/C19H32N6S/c1-19(2,3)16-13-25-18(21-16)26-17(22-25)20-14-5-11-24(12-6-14)15-7-9-23(4)10-8-15/h13-15H,5-12H2,1-4H3,(H,20,22). The number of likely N-dealkylation sites (tertiary alicyclic amines) is 2. The number of aromatic nitrogens is 3. The van der Waals surface area contributed by atoms with Crippen molar-refractivity contribution in [1.29, 1.82) is 0 Å². The fourth-order valence-corrected chi connectivity index (χ4v) is 4.92. The zero-order valence-corrected chi connectivity index (χ0v) is 17.3. The largest absolute Gasteiger partial charge is 0.357 e. The van der Waals surface area contributed by atoms with Crippen molar-refractivity contribution in [3.8, 4) is 0 Å². The van der Waals surface area contributed by atoms with Gasteiger partial charge in [-0.05, 0) is 45.8 Å². The fraction of sp³-hybridized carbons (Fsp3) is 0.789. The zero-order chi connectivity index (χ0) is 18.3. The first-order valence-electron chi connectivity index (χ1n) is 9.94. The summed E-state index contributed by atoms with van der Waals surface area (Å²) in [6.45, 7) is 11.5. The number of fused-ring (bicyclic) bond motifs is 1. The van der Waals surface area contributed by atoms with Gasteiger partial charge in [-0.25, -0.2) is 9.50 Å². The molecule has 144 valence electrons. The summed E-state index contributed by atoms with van der Waals surface area (Å²) in [4.78, 5) is 10.9. The van der Waals surface area contributed by atoms with Gasteiger partial charge in [-0.2, -0.15) is 0 Å². The molecular weight excluding hydrogens is 344 g/mol. The molecule has 2 aliphatic heterocycles. The maximum atomic E-state index is 4.74. The van der Waals surface area contributed by atoms with Crippen LogP contribution < -0.4 is 5.32 Å². The lowest BCUT2D eigenvalue weighted by Crippen LogP contribution is -2.48. The first kappa shape index (κ1) is 18.2. The van der Waals surface area contributed by atoms with Crippen molar-refractivity contribution in [3.63, 3.8) is 0 Å². The molecular formula is C19H32N6S. The Morgan fingerprint density at radius 2 is 1.77 bits per heavy atom. The Morgan fingerprint density at radius 3 is 2.38 bits per heavy atom. The van der Waals surface area contributed by atoms with E-state index >= 15 is 0 Å². The van der Waals surface area contributed by atoms with Gasteiger partial charge in [0.1, 0.15) is 0 Å². The summed E-state index contributed by atoms with van der Waals surface area (Å²) in [5.41, 5.74) is 1.18. The third-order valence-electron chi connectivity index (χ3n) is 5.87. The molecule has 4 rings (SSSR count). The van der Waals surface area contributed by atoms with Gasteiger partial charge >= 0.3 is 0 Å². The second-order valence-electron chi connectivity index (χ2n) is 9.00. The van der Waals surface area contributed by atoms with Crippen molar-refractivity contribution < 1.29 is 0 Å². The molecule has 0 aliphatic carbocycles. The molecule has 7 heteroatoms. The molecule has 0 radical (unpaired) electrons. The highest BCUT2D eigenvalue weighted by molar-refractivity contribution is 7.20. The summed E-state index contributed by atoms with van der Waals surface area (Å²) in [7, 11) is 2.24. The molecule has 0 amide bonds. The zero-order valence-electron chi connectivity index (χ0n) is 16.5. The second kappa shape index (κ2) is 7.09. The quantitative estimate of drug-likeness (QED) is 0.892. The Bertz CT molecular complexity index is 697. The van der Waals surface area contributed by atoms with Gasteiger partial charge in [-0.15, -0.1) is 5.10 Å². The van der Waals surface area contributed by atoms with E-state index in [9.17, 15) is 0 Å². The Labute approximate surface area is 160 Å². The van der Waals surface area contributed by atoms with E-state index in [0.717, 1.165) is 21.8 Å². The molecule has 26 heavy (non-hydrogen) atoms. The number of hydrogen-bond donors (Lipinski definition) is 1. The number of imidazole rings is 1. The van der Waals surface area contributed by atoms with Crippen molar-refractivity contribution in [2.75, 3.05) is 38.5 Å². The summed E-state index contributed by atoms with van der Waals surface area (Å²) in [5.74, 6) is 0. The van der Waals surface area contributed by atoms with E-state index in [-0.39, 0.29) is 5.41 Å². The summed E-state index contributed by atoms with van der Waals surface area (Å²) >= 11 is 1.67. The third-order valence-corrected chi connectivity index (χ3v) is 6.73. The molecule has 0 atom stereocenters. The van der Waals surface area contributed by atoms with E-state index in [1.807, 2.05) is 4.52 Å². The van der Waals surface area contributed by atoms with Gasteiger partial charge in [0.2, 0.25) is 10.1 Å². The van der Waals surface area contributed by atoms with Crippen LogP contribution in [0, 0.1) is 0 Å². The monoisotopic (exact) mass is 376 g/mol. The normalized spacial score (nSPS) is 22.3. The van der Waals surface area contributed by atoms with Crippen molar-refractivity contribution in [2.45, 2.75) is 64.0 Å². The lowest BCUT2D eigenvalue weighted by molar-refractivity contribution is 0.0994. The van der Waals surface area contributed by atoms with Gasteiger partial charge in [-0.3, -0.25) is 0 Å². The van der Waals surface area contributed by atoms with Crippen molar-refractivity contribution in [1.82, 2.24) is 24.4 Å². The summed E-state index contributed by atoms with van der Waals surface area (Å²) < 4.78 is 1.93. The number of piperidine rings is 2. The lowest BCUT2D eigenvalue weighted by Gasteiger charge is -2.41. The molecule has 6 nitrogen and oxygen atoms in total. The van der Waals surface area contributed by atoms with Crippen LogP contribution in [-0.4, -0.2) is 69.7 Å². The maximum absolute atomic E-state index is 4.74. The van der Waals surface area contributed by atoms with E-state index in [2.05, 4.69) is 49.1 Å². The van der Waals surface area contributed by atoms with E-state index in [4.69, 9.17) is 10.1 Å². The Kier molecular flexibility index (Phi) is 4.96. The molecule has 0 spiro atoms. The Hall–Kier alpha value is -1.18. The highest BCUT2D eigenvalue weighted by atomic mass is 32.1. The lowest BCUT2D eigenvalue weighted by atomic mass is 9.93. The fourth-order valence-electron chi connectivity index (χ4n) is 4.06. The molecule has 0 unspecified atom stereocenters. The molecule has 2 aromatic heterocycles. The Morgan fingerprint density at radius 1 is 1.08 bits per heavy atom. The Balaban J connectivity index is 1.31. The number of nitrogens with zero attached hydrogens (tertiary/aromatic N) is 5. The number of hydrogen-bond acceptors (Lipinski definition) is 6. The van der Waals surface area contributed by atoms with Gasteiger partial charge in [0.15, 0.2) is 0 Å². The number of anilines is 1. The van der Waals surface area contributed by atoms with Gasteiger partial charge in [0, 0.05) is 30.6 Å². The molecule has 2 fully saturated rings. The van der Waals surface area contributed by atoms with Crippen LogP contribution in [0.15, 0.2) is 6.20 Å². The van der Waals surface area contributed by atoms with E-state index in [0.29, 0.717) is 6.04 Å². The third kappa shape index (κ3) is 3.89. The molecule has 0 aromatic carbocycles. The summed E-state index contributed by atoms with van der Waals surface area (Å²) in [5, 5.41) is 9.36. The average molecular weight is 377 g/mol. The molecule has 0 bridgehead atoms. The molecule has 2 aromatic rings. The van der Waals surface area contributed by atoms with E-state index in [1.54, 1.807) is 11.3 Å². The van der Waals surface area contributed by atoms with Crippen LogP contribution in [0.25, 0.3) is 4.96 Å². The minimum atomic E-state index is 0.0712. The molecule has 0 saturated carbocycles. The van der Waals surface area contributed by atoms with Crippen molar-refractivity contribution in [3.05, 3.63) is 11.9 Å². The predicted molar refractivity (Wildman–Crippen MR) is 108 cm³/mol. The van der Waals surface area contributed by atoms with Crippen LogP contribution >= 0.6 is 11.3 Å². The minimum Gasteiger partial charge on any atom is -0.357 e. The average Bonchev–Trinajstić information content (AvgIpc) is 3.15. The second-order valence-corrected chi connectivity index (χ2v) is 9.96. The summed E-state index contributed by atoms with van der Waals surface area (Å²) in [6.07, 6.45) is 7.14. The molecule has 1 N–H and O–H groups in total. The first-order valence-corrected chi connectivity index (χ1v) is 10.8. The van der Waals surface area contributed by atoms with Crippen molar-refractivity contribution >= 4 is 21.4 Å². The smallest absolute Gasteiger partial charge is 0.214 e. The van der Waals surface area contributed by atoms with Crippen LogP contribution in [0.2, 0.25) is 0 Å².